The Morgan fingerprint density at radius 2 is 2.07 bits per heavy atom. The first-order chi connectivity index (χ1) is 13.1. The van der Waals surface area contributed by atoms with Crippen LogP contribution in [0.1, 0.15) is 37.1 Å². The molecule has 1 saturated carbocycles. The maximum atomic E-state index is 12.6. The van der Waals surface area contributed by atoms with Crippen molar-refractivity contribution in [3.05, 3.63) is 29.6 Å². The minimum atomic E-state index is 0.0310. The number of carbonyl (C=O) groups is 1. The highest BCUT2D eigenvalue weighted by Gasteiger charge is 2.30. The second kappa shape index (κ2) is 8.65. The van der Waals surface area contributed by atoms with Gasteiger partial charge in [0.05, 0.1) is 20.0 Å². The van der Waals surface area contributed by atoms with Gasteiger partial charge in [-0.25, -0.2) is 0 Å². The van der Waals surface area contributed by atoms with Crippen LogP contribution in [0, 0.1) is 0 Å². The largest absolute Gasteiger partial charge is 0.493 e. The van der Waals surface area contributed by atoms with Crippen LogP contribution in [-0.4, -0.2) is 52.6 Å². The van der Waals surface area contributed by atoms with Crippen molar-refractivity contribution < 1.29 is 14.3 Å². The summed E-state index contributed by atoms with van der Waals surface area (Å²) in [6.45, 7) is 3.36. The molecule has 7 nitrogen and oxygen atoms in total. The highest BCUT2D eigenvalue weighted by atomic mass is 32.2. The maximum absolute atomic E-state index is 12.6. The second-order valence-electron chi connectivity index (χ2n) is 6.55. The van der Waals surface area contributed by atoms with E-state index in [2.05, 4.69) is 21.7 Å². The molecule has 0 aliphatic heterocycles. The third kappa shape index (κ3) is 4.37. The average Bonchev–Trinajstić information content (AvgIpc) is 3.45. The number of para-hydroxylation sites is 1. The predicted octanol–water partition coefficient (Wildman–Crippen LogP) is 2.94. The van der Waals surface area contributed by atoms with E-state index >= 15 is 0 Å². The van der Waals surface area contributed by atoms with Crippen molar-refractivity contribution in [3.8, 4) is 11.5 Å². The molecule has 0 saturated heterocycles. The molecule has 0 N–H and O–H groups in total. The third-order valence-electron chi connectivity index (χ3n) is 4.65. The van der Waals surface area contributed by atoms with Gasteiger partial charge in [0.1, 0.15) is 5.82 Å². The van der Waals surface area contributed by atoms with E-state index in [1.807, 2.05) is 18.2 Å². The zero-order valence-electron chi connectivity index (χ0n) is 16.3. The summed E-state index contributed by atoms with van der Waals surface area (Å²) in [5.41, 5.74) is 0.908. The van der Waals surface area contributed by atoms with Crippen molar-refractivity contribution >= 4 is 17.7 Å². The minimum Gasteiger partial charge on any atom is -0.493 e. The number of methoxy groups -OCH3 is 2. The molecular formula is C19H26N4O3S. The molecular weight excluding hydrogens is 364 g/mol. The van der Waals surface area contributed by atoms with Gasteiger partial charge in [-0.3, -0.25) is 4.79 Å². The Morgan fingerprint density at radius 1 is 1.30 bits per heavy atom. The van der Waals surface area contributed by atoms with E-state index in [4.69, 9.17) is 9.47 Å². The number of aromatic nitrogens is 3. The van der Waals surface area contributed by atoms with Crippen LogP contribution in [-0.2, 0) is 17.9 Å². The number of carbonyl (C=O) groups excluding carboxylic acids is 1. The first-order valence-corrected chi connectivity index (χ1v) is 10.1. The van der Waals surface area contributed by atoms with Gasteiger partial charge in [0.25, 0.3) is 0 Å². The Hall–Kier alpha value is -2.22. The van der Waals surface area contributed by atoms with Crippen molar-refractivity contribution in [1.29, 1.82) is 0 Å². The highest BCUT2D eigenvalue weighted by Crippen LogP contribution is 2.40. The third-order valence-corrected chi connectivity index (χ3v) is 5.60. The van der Waals surface area contributed by atoms with Gasteiger partial charge in [-0.05, 0) is 25.8 Å². The zero-order chi connectivity index (χ0) is 19.4. The molecule has 3 rings (SSSR count). The lowest BCUT2D eigenvalue weighted by Gasteiger charge is -2.19. The summed E-state index contributed by atoms with van der Waals surface area (Å²) in [5, 5.41) is 9.42. The van der Waals surface area contributed by atoms with Crippen LogP contribution in [0.5, 0.6) is 11.5 Å². The number of nitrogens with zero attached hydrogens (tertiary/aromatic N) is 4. The number of ether oxygens (including phenoxy) is 2. The lowest BCUT2D eigenvalue weighted by molar-refractivity contribution is -0.127. The molecule has 1 aromatic carbocycles. The smallest absolute Gasteiger partial charge is 0.233 e. The van der Waals surface area contributed by atoms with E-state index in [1.165, 1.54) is 24.6 Å². The van der Waals surface area contributed by atoms with Crippen LogP contribution in [0.15, 0.2) is 23.4 Å². The molecule has 1 amide bonds. The molecule has 2 aromatic rings. The molecule has 1 aliphatic rings. The Kier molecular flexibility index (Phi) is 6.26. The molecule has 0 bridgehead atoms. The topological polar surface area (TPSA) is 69.5 Å². The fourth-order valence-electron chi connectivity index (χ4n) is 3.01. The second-order valence-corrected chi connectivity index (χ2v) is 7.49. The van der Waals surface area contributed by atoms with Crippen LogP contribution < -0.4 is 9.47 Å². The highest BCUT2D eigenvalue weighted by molar-refractivity contribution is 7.99. The minimum absolute atomic E-state index is 0.0310. The average molecular weight is 391 g/mol. The summed E-state index contributed by atoms with van der Waals surface area (Å²) >= 11 is 1.44. The van der Waals surface area contributed by atoms with Crippen LogP contribution in [0.4, 0.5) is 0 Å². The summed E-state index contributed by atoms with van der Waals surface area (Å²) in [6, 6.07) is 5.68. The van der Waals surface area contributed by atoms with E-state index in [0.29, 0.717) is 29.7 Å². The first kappa shape index (κ1) is 19.5. The monoisotopic (exact) mass is 390 g/mol. The van der Waals surface area contributed by atoms with Crippen LogP contribution in [0.25, 0.3) is 0 Å². The number of hydrogen-bond donors (Lipinski definition) is 0. The van der Waals surface area contributed by atoms with Crippen molar-refractivity contribution in [2.75, 3.05) is 27.0 Å². The fraction of sp³-hybridized carbons (Fsp3) is 0.526. The number of amides is 1. The number of thioether (sulfide) groups is 1. The molecule has 0 unspecified atom stereocenters. The van der Waals surface area contributed by atoms with Gasteiger partial charge in [0.15, 0.2) is 16.7 Å². The quantitative estimate of drug-likeness (QED) is 0.613. The summed E-state index contributed by atoms with van der Waals surface area (Å²) in [4.78, 5) is 14.3. The summed E-state index contributed by atoms with van der Waals surface area (Å²) in [7, 11) is 5.00. The van der Waals surface area contributed by atoms with Gasteiger partial charge >= 0.3 is 0 Å². The van der Waals surface area contributed by atoms with Gasteiger partial charge < -0.3 is 18.9 Å². The number of hydrogen-bond acceptors (Lipinski definition) is 6. The first-order valence-electron chi connectivity index (χ1n) is 9.08. The Morgan fingerprint density at radius 3 is 2.70 bits per heavy atom. The molecule has 27 heavy (non-hydrogen) atoms. The van der Waals surface area contributed by atoms with E-state index in [-0.39, 0.29) is 5.91 Å². The van der Waals surface area contributed by atoms with Crippen LogP contribution >= 0.6 is 11.8 Å². The summed E-state index contributed by atoms with van der Waals surface area (Å²) in [6.07, 6.45) is 2.37. The van der Waals surface area contributed by atoms with Gasteiger partial charge in [-0.2, -0.15) is 0 Å². The fourth-order valence-corrected chi connectivity index (χ4v) is 3.96. The SMILES string of the molecule is CCn1c(SCC(=O)N(C)Cc2cccc(OC)c2OC)nnc1C1CC1. The Balaban J connectivity index is 1.62. The summed E-state index contributed by atoms with van der Waals surface area (Å²) in [5.74, 6) is 3.28. The van der Waals surface area contributed by atoms with Gasteiger partial charge in [-0.15, -0.1) is 10.2 Å². The summed E-state index contributed by atoms with van der Waals surface area (Å²) < 4.78 is 12.9. The van der Waals surface area contributed by atoms with Crippen molar-refractivity contribution in [2.45, 2.75) is 43.9 Å². The molecule has 8 heteroatoms. The lowest BCUT2D eigenvalue weighted by Crippen LogP contribution is -2.28. The molecule has 146 valence electrons. The molecule has 0 radical (unpaired) electrons. The lowest BCUT2D eigenvalue weighted by atomic mass is 10.1. The van der Waals surface area contributed by atoms with E-state index < -0.39 is 0 Å². The molecule has 1 aromatic heterocycles. The predicted molar refractivity (Wildman–Crippen MR) is 104 cm³/mol. The molecule has 1 aliphatic carbocycles. The van der Waals surface area contributed by atoms with Crippen LogP contribution in [0.2, 0.25) is 0 Å². The molecule has 0 atom stereocenters. The van der Waals surface area contributed by atoms with Gasteiger partial charge in [0, 0.05) is 31.6 Å². The molecule has 1 heterocycles. The van der Waals surface area contributed by atoms with Crippen LogP contribution in [0.3, 0.4) is 0 Å². The normalized spacial score (nSPS) is 13.5. The Labute approximate surface area is 164 Å². The van der Waals surface area contributed by atoms with Crippen molar-refractivity contribution in [1.82, 2.24) is 19.7 Å². The van der Waals surface area contributed by atoms with Gasteiger partial charge in [-0.1, -0.05) is 23.9 Å². The molecule has 1 fully saturated rings. The number of benzene rings is 1. The van der Waals surface area contributed by atoms with Crippen molar-refractivity contribution in [3.63, 3.8) is 0 Å². The number of rotatable bonds is 9. The zero-order valence-corrected chi connectivity index (χ0v) is 17.1. The van der Waals surface area contributed by atoms with Gasteiger partial charge in [0.2, 0.25) is 5.91 Å². The van der Waals surface area contributed by atoms with E-state index in [1.54, 1.807) is 26.2 Å². The Bertz CT molecular complexity index is 804. The standard InChI is InChI=1S/C19H26N4O3S/c1-5-23-18(13-9-10-13)20-21-19(23)27-12-16(24)22(2)11-14-7-6-8-15(25-3)17(14)26-4/h6-8,13H,5,9-12H2,1-4H3. The maximum Gasteiger partial charge on any atom is 0.233 e. The van der Waals surface area contributed by atoms with E-state index in [0.717, 1.165) is 23.1 Å². The van der Waals surface area contributed by atoms with Crippen molar-refractivity contribution in [2.24, 2.45) is 0 Å². The van der Waals surface area contributed by atoms with E-state index in [9.17, 15) is 4.79 Å². The molecule has 0 spiro atoms.